The van der Waals surface area contributed by atoms with E-state index in [1.165, 1.54) is 4.90 Å². The van der Waals surface area contributed by atoms with Crippen molar-refractivity contribution in [3.8, 4) is 11.4 Å². The first-order chi connectivity index (χ1) is 9.72. The number of nitrogens with zero attached hydrogens (tertiary/aromatic N) is 2. The maximum Gasteiger partial charge on any atom is 0.315 e. The fraction of sp³-hybridized carbons (Fsp3) is 0.357. The van der Waals surface area contributed by atoms with Gasteiger partial charge >= 0.3 is 5.97 Å². The van der Waals surface area contributed by atoms with Crippen LogP contribution in [-0.2, 0) is 16.0 Å². The highest BCUT2D eigenvalue weighted by molar-refractivity contribution is 7.99. The average Bonchev–Trinajstić information content (AvgIpc) is 2.88. The zero-order valence-corrected chi connectivity index (χ0v) is 12.3. The van der Waals surface area contributed by atoms with Gasteiger partial charge in [0.25, 0.3) is 0 Å². The van der Waals surface area contributed by atoms with Gasteiger partial charge in [0.05, 0.1) is 6.61 Å². The molecule has 0 radical (unpaired) electrons. The molecule has 0 N–H and O–H groups in total. The van der Waals surface area contributed by atoms with Crippen molar-refractivity contribution in [2.24, 2.45) is 0 Å². The van der Waals surface area contributed by atoms with Crippen LogP contribution in [0.3, 0.4) is 0 Å². The minimum absolute atomic E-state index is 0.00457. The van der Waals surface area contributed by atoms with E-state index in [1.54, 1.807) is 18.7 Å². The van der Waals surface area contributed by atoms with Gasteiger partial charge in [-0.3, -0.25) is 4.79 Å². The number of hydrogen-bond acceptors (Lipinski definition) is 6. The number of benzene rings is 1. The van der Waals surface area contributed by atoms with E-state index in [0.29, 0.717) is 12.4 Å². The number of esters is 1. The van der Waals surface area contributed by atoms with Crippen molar-refractivity contribution in [3.63, 3.8) is 0 Å². The Morgan fingerprint density at radius 3 is 2.70 bits per heavy atom. The van der Waals surface area contributed by atoms with Gasteiger partial charge in [-0.1, -0.05) is 12.1 Å². The monoisotopic (exact) mass is 292 g/mol. The quantitative estimate of drug-likeness (QED) is 0.602. The molecule has 2 rings (SSSR count). The van der Waals surface area contributed by atoms with Gasteiger partial charge in [0.1, 0.15) is 6.42 Å². The molecule has 0 aliphatic heterocycles. The van der Waals surface area contributed by atoms with Crippen LogP contribution in [0.5, 0.6) is 0 Å². The number of ether oxygens (including phenoxy) is 1. The van der Waals surface area contributed by atoms with Crippen LogP contribution in [0.2, 0.25) is 0 Å². The van der Waals surface area contributed by atoms with Crippen LogP contribution in [0.4, 0.5) is 0 Å². The molecular weight excluding hydrogens is 276 g/mol. The Balaban J connectivity index is 2.06. The van der Waals surface area contributed by atoms with Gasteiger partial charge in [0, 0.05) is 10.5 Å². The minimum atomic E-state index is -0.364. The number of carbonyl (C=O) groups is 1. The van der Waals surface area contributed by atoms with E-state index >= 15 is 0 Å². The summed E-state index contributed by atoms with van der Waals surface area (Å²) in [5.41, 5.74) is 0.865. The Morgan fingerprint density at radius 2 is 2.05 bits per heavy atom. The van der Waals surface area contributed by atoms with E-state index in [0.717, 1.165) is 11.3 Å². The number of aromatic nitrogens is 2. The molecule has 0 spiro atoms. The predicted molar refractivity (Wildman–Crippen MR) is 76.5 cm³/mol. The lowest BCUT2D eigenvalue weighted by atomic mass is 10.2. The summed E-state index contributed by atoms with van der Waals surface area (Å²) in [6, 6.07) is 7.92. The Hall–Kier alpha value is -1.82. The molecule has 5 nitrogen and oxygen atoms in total. The van der Waals surface area contributed by atoms with Crippen LogP contribution in [0.15, 0.2) is 33.7 Å². The zero-order valence-electron chi connectivity index (χ0n) is 11.5. The van der Waals surface area contributed by atoms with E-state index in [2.05, 4.69) is 17.1 Å². The summed E-state index contributed by atoms with van der Waals surface area (Å²) in [7, 11) is 0. The Kier molecular flexibility index (Phi) is 5.17. The van der Waals surface area contributed by atoms with Crippen molar-refractivity contribution in [1.29, 1.82) is 0 Å². The molecular formula is C14H16N2O3S. The fourth-order valence-corrected chi connectivity index (χ4v) is 2.31. The van der Waals surface area contributed by atoms with Gasteiger partial charge in [0.15, 0.2) is 0 Å². The number of hydrogen-bond donors (Lipinski definition) is 0. The van der Waals surface area contributed by atoms with Gasteiger partial charge in [-0.2, -0.15) is 4.98 Å². The molecule has 0 fully saturated rings. The maximum atomic E-state index is 11.3. The normalized spacial score (nSPS) is 10.5. The molecule has 20 heavy (non-hydrogen) atoms. The molecule has 0 amide bonds. The van der Waals surface area contributed by atoms with Gasteiger partial charge in [-0.25, -0.2) is 0 Å². The Bertz CT molecular complexity index is 566. The molecule has 0 atom stereocenters. The van der Waals surface area contributed by atoms with E-state index in [-0.39, 0.29) is 18.3 Å². The molecule has 1 aromatic heterocycles. The van der Waals surface area contributed by atoms with Crippen LogP contribution in [-0.4, -0.2) is 28.5 Å². The summed E-state index contributed by atoms with van der Waals surface area (Å²) in [5, 5.41) is 3.87. The SMILES string of the molecule is CCOC(=O)Cc1nc(-c2ccc(SCC)cc2)no1. The Labute approximate surface area is 121 Å². The number of rotatable bonds is 6. The van der Waals surface area contributed by atoms with Crippen molar-refractivity contribution in [3.05, 3.63) is 30.2 Å². The molecule has 2 aromatic rings. The van der Waals surface area contributed by atoms with Crippen LogP contribution in [0.25, 0.3) is 11.4 Å². The highest BCUT2D eigenvalue weighted by atomic mass is 32.2. The first-order valence-corrected chi connectivity index (χ1v) is 7.43. The van der Waals surface area contributed by atoms with Gasteiger partial charge in [0.2, 0.25) is 11.7 Å². The molecule has 1 heterocycles. The van der Waals surface area contributed by atoms with Crippen molar-refractivity contribution >= 4 is 17.7 Å². The van der Waals surface area contributed by atoms with Crippen LogP contribution in [0, 0.1) is 0 Å². The summed E-state index contributed by atoms with van der Waals surface area (Å²) < 4.78 is 9.88. The molecule has 6 heteroatoms. The third kappa shape index (κ3) is 3.84. The summed E-state index contributed by atoms with van der Waals surface area (Å²) in [5.74, 6) is 1.42. The zero-order chi connectivity index (χ0) is 14.4. The third-order valence-electron chi connectivity index (χ3n) is 2.49. The molecule has 0 saturated heterocycles. The van der Waals surface area contributed by atoms with Crippen LogP contribution >= 0.6 is 11.8 Å². The average molecular weight is 292 g/mol. The van der Waals surface area contributed by atoms with Gasteiger partial charge < -0.3 is 9.26 Å². The molecule has 106 valence electrons. The minimum Gasteiger partial charge on any atom is -0.466 e. The maximum absolute atomic E-state index is 11.3. The molecule has 0 saturated carbocycles. The van der Waals surface area contributed by atoms with Gasteiger partial charge in [-0.05, 0) is 36.9 Å². The lowest BCUT2D eigenvalue weighted by Gasteiger charge is -1.99. The molecule has 0 unspecified atom stereocenters. The molecule has 1 aromatic carbocycles. The summed E-state index contributed by atoms with van der Waals surface area (Å²) >= 11 is 1.77. The highest BCUT2D eigenvalue weighted by Gasteiger charge is 2.13. The first-order valence-electron chi connectivity index (χ1n) is 6.44. The lowest BCUT2D eigenvalue weighted by molar-refractivity contribution is -0.142. The van der Waals surface area contributed by atoms with Crippen LogP contribution in [0.1, 0.15) is 19.7 Å². The fourth-order valence-electron chi connectivity index (χ4n) is 1.65. The first kappa shape index (κ1) is 14.6. The van der Waals surface area contributed by atoms with E-state index < -0.39 is 0 Å². The molecule has 0 aliphatic carbocycles. The standard InChI is InChI=1S/C14H16N2O3S/c1-3-18-13(17)9-12-15-14(16-19-12)10-5-7-11(8-6-10)20-4-2/h5-8H,3-4,9H2,1-2H3. The second-order valence-electron chi connectivity index (χ2n) is 3.95. The molecule has 0 bridgehead atoms. The van der Waals surface area contributed by atoms with Gasteiger partial charge in [-0.15, -0.1) is 11.8 Å². The van der Waals surface area contributed by atoms with E-state index in [9.17, 15) is 4.79 Å². The Morgan fingerprint density at radius 1 is 1.30 bits per heavy atom. The summed E-state index contributed by atoms with van der Waals surface area (Å²) in [6.45, 7) is 4.21. The smallest absolute Gasteiger partial charge is 0.315 e. The summed E-state index contributed by atoms with van der Waals surface area (Å²) in [4.78, 5) is 16.7. The van der Waals surface area contributed by atoms with Crippen molar-refractivity contribution in [1.82, 2.24) is 10.1 Å². The number of thioether (sulfide) groups is 1. The third-order valence-corrected chi connectivity index (χ3v) is 3.39. The second kappa shape index (κ2) is 7.09. The van der Waals surface area contributed by atoms with Crippen molar-refractivity contribution in [2.45, 2.75) is 25.2 Å². The largest absolute Gasteiger partial charge is 0.466 e. The lowest BCUT2D eigenvalue weighted by Crippen LogP contribution is -2.07. The highest BCUT2D eigenvalue weighted by Crippen LogP contribution is 2.22. The van der Waals surface area contributed by atoms with Crippen LogP contribution < -0.4 is 0 Å². The van der Waals surface area contributed by atoms with Crippen molar-refractivity contribution in [2.75, 3.05) is 12.4 Å². The second-order valence-corrected chi connectivity index (χ2v) is 5.29. The van der Waals surface area contributed by atoms with E-state index in [4.69, 9.17) is 9.26 Å². The molecule has 0 aliphatic rings. The van der Waals surface area contributed by atoms with E-state index in [1.807, 2.05) is 24.3 Å². The topological polar surface area (TPSA) is 65.2 Å². The number of carbonyl (C=O) groups excluding carboxylic acids is 1. The summed E-state index contributed by atoms with van der Waals surface area (Å²) in [6.07, 6.45) is 0.00457. The predicted octanol–water partition coefficient (Wildman–Crippen LogP) is 2.95. The van der Waals surface area contributed by atoms with Crippen molar-refractivity contribution < 1.29 is 14.1 Å².